The van der Waals surface area contributed by atoms with Crippen LogP contribution in [0.15, 0.2) is 48.7 Å². The number of benzene rings is 2. The number of hydrogen-bond acceptors (Lipinski definition) is 6. The van der Waals surface area contributed by atoms with Gasteiger partial charge in [0.15, 0.2) is 0 Å². The number of rotatable bonds is 6. The number of fused-ring (bicyclic) bond motifs is 2. The van der Waals surface area contributed by atoms with Crippen LogP contribution in [-0.2, 0) is 22.1 Å². The van der Waals surface area contributed by atoms with Crippen molar-refractivity contribution in [2.75, 3.05) is 13.7 Å². The summed E-state index contributed by atoms with van der Waals surface area (Å²) in [6.45, 7) is 0.355. The van der Waals surface area contributed by atoms with E-state index in [0.29, 0.717) is 54.0 Å². The highest BCUT2D eigenvalue weighted by Crippen LogP contribution is 2.44. The summed E-state index contributed by atoms with van der Waals surface area (Å²) in [5.41, 5.74) is 0.912. The second-order valence-electron chi connectivity index (χ2n) is 8.56. The molecule has 5 rings (SSSR count). The molecule has 3 aromatic rings. The van der Waals surface area contributed by atoms with E-state index < -0.39 is 23.7 Å². The van der Waals surface area contributed by atoms with Crippen molar-refractivity contribution in [1.82, 2.24) is 4.98 Å². The Hall–Kier alpha value is -3.82. The number of halogens is 4. The highest BCUT2D eigenvalue weighted by molar-refractivity contribution is 5.71. The molecule has 2 heterocycles. The molecule has 0 radical (unpaired) electrons. The third-order valence-corrected chi connectivity index (χ3v) is 6.30. The molecule has 1 aliphatic heterocycles. The third-order valence-electron chi connectivity index (χ3n) is 6.30. The maximum absolute atomic E-state index is 14.8. The Morgan fingerprint density at radius 3 is 2.72 bits per heavy atom. The number of pyridine rings is 1. The van der Waals surface area contributed by atoms with Gasteiger partial charge in [-0.3, -0.25) is 4.79 Å². The number of carbonyl (C=O) groups is 1. The number of hydrogen-bond donors (Lipinski definition) is 0. The van der Waals surface area contributed by atoms with Gasteiger partial charge in [-0.2, -0.15) is 13.2 Å². The Morgan fingerprint density at radius 2 is 2.00 bits per heavy atom. The van der Waals surface area contributed by atoms with Gasteiger partial charge in [0, 0.05) is 40.9 Å². The predicted molar refractivity (Wildman–Crippen MR) is 119 cm³/mol. The molecule has 0 N–H and O–H groups in total. The fourth-order valence-corrected chi connectivity index (χ4v) is 4.52. The summed E-state index contributed by atoms with van der Waals surface area (Å²) >= 11 is 0. The van der Waals surface area contributed by atoms with Gasteiger partial charge in [-0.25, -0.2) is 9.37 Å². The van der Waals surface area contributed by atoms with Gasteiger partial charge in [-0.15, -0.1) is 0 Å². The van der Waals surface area contributed by atoms with E-state index in [0.717, 1.165) is 17.7 Å². The van der Waals surface area contributed by atoms with E-state index in [-0.39, 0.29) is 24.2 Å². The fraction of sp³-hybridized carbons (Fsp3) is 0.308. The van der Waals surface area contributed by atoms with Gasteiger partial charge in [-0.05, 0) is 37.1 Å². The van der Waals surface area contributed by atoms with Crippen molar-refractivity contribution in [3.05, 3.63) is 76.7 Å². The molecule has 1 aliphatic carbocycles. The minimum atomic E-state index is -4.50. The lowest BCUT2D eigenvalue weighted by atomic mass is 9.98. The van der Waals surface area contributed by atoms with Crippen LogP contribution >= 0.6 is 0 Å². The topological polar surface area (TPSA) is 66.9 Å². The summed E-state index contributed by atoms with van der Waals surface area (Å²) in [5.74, 6) is 0.483. The molecule has 0 unspecified atom stereocenters. The lowest BCUT2D eigenvalue weighted by Crippen LogP contribution is -2.09. The number of methoxy groups -OCH3 is 1. The standard InChI is InChI=1S/C26H21F4NO5/c1-33-24(32)10-14-13-34-22-11-16(3-4-17(14)22)35-21-7-5-18-20(8-6-19(27)25(18)21)36-23-9-2-15(12-31-23)26(28,29)30/h2-4,6,8-9,11-12,14,21H,5,7,10,13H2,1H3/t14-,21-/m1/s1. The second-order valence-corrected chi connectivity index (χ2v) is 8.56. The van der Waals surface area contributed by atoms with Gasteiger partial charge < -0.3 is 18.9 Å². The normalized spacial score (nSPS) is 18.2. The Bertz CT molecular complexity index is 1290. The van der Waals surface area contributed by atoms with Crippen LogP contribution in [0.1, 0.15) is 47.1 Å². The van der Waals surface area contributed by atoms with Crippen LogP contribution in [0.2, 0.25) is 0 Å². The Balaban J connectivity index is 1.33. The maximum atomic E-state index is 14.8. The van der Waals surface area contributed by atoms with Gasteiger partial charge in [-0.1, -0.05) is 6.07 Å². The summed E-state index contributed by atoms with van der Waals surface area (Å²) in [6.07, 6.45) is -3.25. The van der Waals surface area contributed by atoms with Crippen LogP contribution in [0.5, 0.6) is 23.1 Å². The van der Waals surface area contributed by atoms with E-state index in [1.807, 2.05) is 6.07 Å². The predicted octanol–water partition coefficient (Wildman–Crippen LogP) is 6.14. The SMILES string of the molecule is COC(=O)C[C@@H]1COc2cc(O[C@@H]3CCc4c(Oc5ccc(C(F)(F)F)cn5)ccc(F)c43)ccc21. The number of ether oxygens (including phenoxy) is 4. The molecular weight excluding hydrogens is 482 g/mol. The molecule has 2 aromatic carbocycles. The molecule has 0 fully saturated rings. The Morgan fingerprint density at radius 1 is 1.17 bits per heavy atom. The van der Waals surface area contributed by atoms with Crippen LogP contribution in [0.25, 0.3) is 0 Å². The van der Waals surface area contributed by atoms with E-state index in [4.69, 9.17) is 18.9 Å². The van der Waals surface area contributed by atoms with Crippen molar-refractivity contribution in [3.63, 3.8) is 0 Å². The molecule has 0 spiro atoms. The molecular formula is C26H21F4NO5. The van der Waals surface area contributed by atoms with Crippen LogP contribution in [-0.4, -0.2) is 24.7 Å². The zero-order valence-corrected chi connectivity index (χ0v) is 19.1. The quantitative estimate of drug-likeness (QED) is 0.298. The summed E-state index contributed by atoms with van der Waals surface area (Å²) in [4.78, 5) is 15.4. The Kier molecular flexibility index (Phi) is 6.19. The van der Waals surface area contributed by atoms with Crippen molar-refractivity contribution in [2.45, 2.75) is 37.5 Å². The third kappa shape index (κ3) is 4.67. The first-order valence-corrected chi connectivity index (χ1v) is 11.3. The van der Waals surface area contributed by atoms with Crippen LogP contribution < -0.4 is 14.2 Å². The molecule has 0 saturated carbocycles. The lowest BCUT2D eigenvalue weighted by Gasteiger charge is -2.17. The van der Waals surface area contributed by atoms with Crippen molar-refractivity contribution < 1.29 is 41.3 Å². The van der Waals surface area contributed by atoms with Crippen molar-refractivity contribution in [2.24, 2.45) is 0 Å². The molecule has 2 atom stereocenters. The second kappa shape index (κ2) is 9.33. The van der Waals surface area contributed by atoms with Crippen molar-refractivity contribution >= 4 is 5.97 Å². The highest BCUT2D eigenvalue weighted by atomic mass is 19.4. The molecule has 188 valence electrons. The van der Waals surface area contributed by atoms with E-state index in [1.54, 1.807) is 12.1 Å². The zero-order valence-electron chi connectivity index (χ0n) is 19.1. The molecule has 1 aromatic heterocycles. The molecule has 0 amide bonds. The van der Waals surface area contributed by atoms with E-state index >= 15 is 0 Å². The summed E-state index contributed by atoms with van der Waals surface area (Å²) in [6, 6.07) is 9.97. The molecule has 0 saturated heterocycles. The first kappa shape index (κ1) is 23.9. The zero-order chi connectivity index (χ0) is 25.4. The monoisotopic (exact) mass is 503 g/mol. The molecule has 6 nitrogen and oxygen atoms in total. The van der Waals surface area contributed by atoms with Crippen LogP contribution in [0, 0.1) is 5.82 Å². The van der Waals surface area contributed by atoms with E-state index in [9.17, 15) is 22.4 Å². The minimum Gasteiger partial charge on any atom is -0.492 e. The number of aromatic nitrogens is 1. The van der Waals surface area contributed by atoms with Gasteiger partial charge in [0.05, 0.1) is 25.7 Å². The highest BCUT2D eigenvalue weighted by Gasteiger charge is 2.33. The first-order chi connectivity index (χ1) is 17.2. The number of alkyl halides is 3. The van der Waals surface area contributed by atoms with E-state index in [2.05, 4.69) is 4.98 Å². The van der Waals surface area contributed by atoms with Crippen molar-refractivity contribution in [3.8, 4) is 23.1 Å². The fourth-order valence-electron chi connectivity index (χ4n) is 4.52. The number of esters is 1. The average Bonchev–Trinajstić information content (AvgIpc) is 3.45. The van der Waals surface area contributed by atoms with Gasteiger partial charge in [0.2, 0.25) is 5.88 Å². The molecule has 10 heteroatoms. The van der Waals surface area contributed by atoms with E-state index in [1.165, 1.54) is 19.2 Å². The first-order valence-electron chi connectivity index (χ1n) is 11.3. The Labute approximate surface area is 203 Å². The van der Waals surface area contributed by atoms with Crippen molar-refractivity contribution in [1.29, 1.82) is 0 Å². The molecule has 2 aliphatic rings. The van der Waals surface area contributed by atoms with Gasteiger partial charge in [0.25, 0.3) is 0 Å². The lowest BCUT2D eigenvalue weighted by molar-refractivity contribution is -0.141. The smallest absolute Gasteiger partial charge is 0.417 e. The number of nitrogens with zero attached hydrogens (tertiary/aromatic N) is 1. The minimum absolute atomic E-state index is 0.0292. The van der Waals surface area contributed by atoms with Crippen LogP contribution in [0.3, 0.4) is 0 Å². The summed E-state index contributed by atoms with van der Waals surface area (Å²) in [7, 11) is 1.34. The summed E-state index contributed by atoms with van der Waals surface area (Å²) in [5, 5.41) is 0. The maximum Gasteiger partial charge on any atom is 0.417 e. The average molecular weight is 503 g/mol. The largest absolute Gasteiger partial charge is 0.492 e. The van der Waals surface area contributed by atoms with Crippen LogP contribution in [0.4, 0.5) is 17.6 Å². The molecule has 0 bridgehead atoms. The van der Waals surface area contributed by atoms with Gasteiger partial charge >= 0.3 is 12.1 Å². The number of carbonyl (C=O) groups excluding carboxylic acids is 1. The summed E-state index contributed by atoms with van der Waals surface area (Å²) < 4.78 is 75.4. The van der Waals surface area contributed by atoms with Gasteiger partial charge in [0.1, 0.15) is 29.2 Å². The molecule has 36 heavy (non-hydrogen) atoms.